The molecule has 0 unspecified atom stereocenters. The predicted molar refractivity (Wildman–Crippen MR) is 212 cm³/mol. The largest absolute Gasteiger partial charge is 0.394 e. The number of pyridine rings is 4. The molecule has 0 spiro atoms. The first-order valence-electron chi connectivity index (χ1n) is 17.7. The first-order chi connectivity index (χ1) is 22.4. The Kier molecular flexibility index (Phi) is 56.7. The van der Waals surface area contributed by atoms with Crippen LogP contribution in [-0.4, -0.2) is 19.9 Å². The van der Waals surface area contributed by atoms with E-state index in [2.05, 4.69) is 128 Å². The van der Waals surface area contributed by atoms with Crippen molar-refractivity contribution in [3.63, 3.8) is 0 Å². The van der Waals surface area contributed by atoms with Gasteiger partial charge in [0.25, 0.3) is 0 Å². The van der Waals surface area contributed by atoms with E-state index >= 15 is 0 Å². The zero-order chi connectivity index (χ0) is 38.5. The Bertz CT molecular complexity index is 1000. The fourth-order valence-corrected chi connectivity index (χ4v) is 3.00. The van der Waals surface area contributed by atoms with E-state index in [4.69, 9.17) is 0 Å². The van der Waals surface area contributed by atoms with E-state index in [0.717, 1.165) is 11.4 Å². The van der Waals surface area contributed by atoms with Crippen molar-refractivity contribution in [3.05, 3.63) is 120 Å². The fraction of sp³-hybridized carbons (Fsp3) is 0.545. The zero-order valence-electron chi connectivity index (χ0n) is 37.0. The van der Waals surface area contributed by atoms with Crippen LogP contribution in [0.2, 0.25) is 0 Å². The summed E-state index contributed by atoms with van der Waals surface area (Å²) in [6.07, 6.45) is 12.8. The van der Waals surface area contributed by atoms with Gasteiger partial charge in [0, 0.05) is 131 Å². The van der Waals surface area contributed by atoms with Gasteiger partial charge in [0.05, 0.1) is 0 Å². The van der Waals surface area contributed by atoms with Crippen LogP contribution in [0.25, 0.3) is 0 Å². The van der Waals surface area contributed by atoms with Gasteiger partial charge >= 0.3 is 0 Å². The van der Waals surface area contributed by atoms with E-state index in [1.165, 1.54) is 11.1 Å². The van der Waals surface area contributed by atoms with Crippen molar-refractivity contribution in [2.45, 2.75) is 160 Å². The van der Waals surface area contributed by atoms with E-state index in [9.17, 15) is 0 Å². The van der Waals surface area contributed by atoms with Crippen LogP contribution in [0.4, 0.5) is 0 Å². The first-order valence-corrected chi connectivity index (χ1v) is 17.7. The van der Waals surface area contributed by atoms with Crippen LogP contribution < -0.4 is 0 Å². The Hall–Kier alpha value is 1.02. The molecule has 0 aliphatic carbocycles. The van der Waals surface area contributed by atoms with Crippen molar-refractivity contribution in [2.75, 3.05) is 0 Å². The Morgan fingerprint density at radius 3 is 1.21 bits per heavy atom. The van der Waals surface area contributed by atoms with Crippen LogP contribution in [-0.2, 0) is 152 Å². The molecule has 0 atom stereocenters. The van der Waals surface area contributed by atoms with Crippen molar-refractivity contribution in [1.82, 2.24) is 19.9 Å². The second-order valence-electron chi connectivity index (χ2n) is 13.6. The Labute approximate surface area is 425 Å². The third-order valence-corrected chi connectivity index (χ3v) is 5.71. The molecule has 52 heavy (non-hydrogen) atoms. The van der Waals surface area contributed by atoms with E-state index in [1.807, 2.05) is 110 Å². The van der Waals surface area contributed by atoms with Crippen LogP contribution >= 0.6 is 0 Å². The molecule has 0 aliphatic rings. The summed E-state index contributed by atoms with van der Waals surface area (Å²) < 4.78 is 0. The summed E-state index contributed by atoms with van der Waals surface area (Å²) in [5.74, 6) is 0. The molecule has 0 aliphatic heterocycles. The summed E-state index contributed by atoms with van der Waals surface area (Å²) in [6, 6.07) is 21.4. The van der Waals surface area contributed by atoms with Crippen LogP contribution in [0.15, 0.2) is 73.3 Å². The summed E-state index contributed by atoms with van der Waals surface area (Å²) in [4.78, 5) is 16.2. The molecule has 0 N–H and O–H groups in total. The molecule has 4 aromatic heterocycles. The van der Waals surface area contributed by atoms with Crippen molar-refractivity contribution >= 4 is 0 Å². The normalized spacial score (nSPS) is 9.31. The van der Waals surface area contributed by atoms with E-state index in [1.54, 1.807) is 18.6 Å². The molecule has 4 nitrogen and oxygen atoms in total. The molecule has 0 aromatic carbocycles. The van der Waals surface area contributed by atoms with Crippen LogP contribution in [0.1, 0.15) is 161 Å². The molecule has 284 valence electrons. The van der Waals surface area contributed by atoms with Gasteiger partial charge in [0.15, 0.2) is 0 Å². The molecular formula is C44H72N4Y4-4. The summed E-state index contributed by atoms with van der Waals surface area (Å²) >= 11 is 0. The molecule has 0 fully saturated rings. The number of nitrogens with zero attached hydrogens (tertiary/aromatic N) is 4. The van der Waals surface area contributed by atoms with Gasteiger partial charge < -0.3 is 19.9 Å². The van der Waals surface area contributed by atoms with Gasteiger partial charge in [-0.15, -0.1) is 5.56 Å². The van der Waals surface area contributed by atoms with Crippen molar-refractivity contribution < 1.29 is 131 Å². The topological polar surface area (TPSA) is 51.6 Å². The minimum atomic E-state index is 0. The average Bonchev–Trinajstić information content (AvgIpc) is 3.09. The third-order valence-electron chi connectivity index (χ3n) is 5.71. The molecule has 0 amide bonds. The van der Waals surface area contributed by atoms with Gasteiger partial charge in [-0.25, -0.2) is 12.1 Å². The number of rotatable bonds is 0. The minimum absolute atomic E-state index is 0. The van der Waals surface area contributed by atoms with Crippen LogP contribution in [0.3, 0.4) is 0 Å². The third kappa shape index (κ3) is 39.3. The monoisotopic (exact) mass is 1010 g/mol. The zero-order valence-corrected chi connectivity index (χ0v) is 48.4. The summed E-state index contributed by atoms with van der Waals surface area (Å²) in [6.45, 7) is 41.9. The van der Waals surface area contributed by atoms with Crippen LogP contribution in [0.5, 0.6) is 0 Å². The number of hydrogen-bond acceptors (Lipinski definition) is 4. The van der Waals surface area contributed by atoms with Crippen molar-refractivity contribution in [3.8, 4) is 0 Å². The molecule has 4 aromatic rings. The van der Waals surface area contributed by atoms with Crippen LogP contribution in [0, 0.1) is 24.5 Å². The molecule has 4 heterocycles. The average molecular weight is 1010 g/mol. The first kappa shape index (κ1) is 70.8. The standard InChI is InChI=1S/4C9H12N.4C2H6.4Y/c1-9(2,3)8-4-6-10-7-5-8;1-9(2,3)8-5-4-6-10-7-8;2*1-9(2,3)8-6-4-5-7-10-8;4*1-2;;;;/h4-6H,1-3H3;2*5-7H,1-3H3;4-6H,1-3H3;4*1-2H3;;;;/q4*-1;;;;;;;;. The molecule has 8 heteroatoms. The van der Waals surface area contributed by atoms with Gasteiger partial charge in [-0.05, 0) is 10.8 Å². The predicted octanol–water partition coefficient (Wildman–Crippen LogP) is 12.8. The van der Waals surface area contributed by atoms with Gasteiger partial charge in [-0.2, -0.15) is 54.1 Å². The van der Waals surface area contributed by atoms with Crippen molar-refractivity contribution in [1.29, 1.82) is 0 Å². The number of hydrogen-bond donors (Lipinski definition) is 0. The van der Waals surface area contributed by atoms with E-state index in [-0.39, 0.29) is 152 Å². The second-order valence-corrected chi connectivity index (χ2v) is 13.6. The quantitative estimate of drug-likeness (QED) is 0.165. The van der Waals surface area contributed by atoms with Gasteiger partial charge in [-0.3, -0.25) is 0 Å². The van der Waals surface area contributed by atoms with E-state index in [0.29, 0.717) is 0 Å². The molecular weight excluding hydrogens is 940 g/mol. The smallest absolute Gasteiger partial charge is 0 e. The molecule has 4 radical (unpaired) electrons. The molecule has 0 bridgehead atoms. The maximum absolute atomic E-state index is 4.22. The maximum Gasteiger partial charge on any atom is 0 e. The summed E-state index contributed by atoms with van der Waals surface area (Å²) in [7, 11) is 0. The van der Waals surface area contributed by atoms with Gasteiger partial charge in [0.1, 0.15) is 0 Å². The number of aromatic nitrogens is 4. The minimum Gasteiger partial charge on any atom is -0.394 e. The Balaban J connectivity index is -0.0000000757. The second kappa shape index (κ2) is 41.6. The van der Waals surface area contributed by atoms with Gasteiger partial charge in [0.2, 0.25) is 0 Å². The Morgan fingerprint density at radius 2 is 0.981 bits per heavy atom. The molecule has 0 saturated heterocycles. The molecule has 4 rings (SSSR count). The summed E-state index contributed by atoms with van der Waals surface area (Å²) in [5.41, 5.74) is 5.42. The SMILES string of the molecule is CC.CC.CC.CC.CC(C)(C)c1c[c-]ccn1.CC(C)(C)c1c[c-]cnc1.CC(C)(C)c1c[c-]ncc1.CC(C)(C)c1ccc[c-]n1.[Y].[Y].[Y].[Y]. The Morgan fingerprint density at radius 1 is 0.481 bits per heavy atom. The van der Waals surface area contributed by atoms with E-state index < -0.39 is 0 Å². The van der Waals surface area contributed by atoms with Crippen molar-refractivity contribution in [2.24, 2.45) is 0 Å². The fourth-order valence-electron chi connectivity index (χ4n) is 3.00. The summed E-state index contributed by atoms with van der Waals surface area (Å²) in [5, 5.41) is 0. The van der Waals surface area contributed by atoms with Gasteiger partial charge in [-0.1, -0.05) is 198 Å². The maximum atomic E-state index is 4.22. The molecule has 0 saturated carbocycles.